The number of benzene rings is 2. The van der Waals surface area contributed by atoms with Crippen molar-refractivity contribution in [2.75, 3.05) is 20.0 Å². The van der Waals surface area contributed by atoms with E-state index < -0.39 is 0 Å². The van der Waals surface area contributed by atoms with Crippen LogP contribution in [0.1, 0.15) is 15.9 Å². The lowest BCUT2D eigenvalue weighted by Gasteiger charge is -2.11. The molecule has 0 fully saturated rings. The number of nitrogen functional groups attached to an aromatic ring is 1. The molecule has 2 aromatic rings. The van der Waals surface area contributed by atoms with Crippen LogP contribution in [0.15, 0.2) is 42.5 Å². The number of rotatable bonds is 4. The highest BCUT2D eigenvalue weighted by molar-refractivity contribution is 6.11. The van der Waals surface area contributed by atoms with Gasteiger partial charge >= 0.3 is 0 Å². The minimum Gasteiger partial charge on any atom is -0.493 e. The Labute approximate surface area is 111 Å². The van der Waals surface area contributed by atoms with Crippen LogP contribution in [0, 0.1) is 0 Å². The minimum atomic E-state index is -0.129. The molecular formula is C15H15NO3. The molecule has 2 N–H and O–H groups in total. The van der Waals surface area contributed by atoms with E-state index in [-0.39, 0.29) is 5.78 Å². The van der Waals surface area contributed by atoms with Crippen molar-refractivity contribution in [3.63, 3.8) is 0 Å². The van der Waals surface area contributed by atoms with Gasteiger partial charge in [0, 0.05) is 11.3 Å². The van der Waals surface area contributed by atoms with Crippen LogP contribution in [-0.2, 0) is 0 Å². The Bertz CT molecular complexity index is 591. The number of methoxy groups -OCH3 is 2. The molecule has 0 aliphatic rings. The van der Waals surface area contributed by atoms with Crippen LogP contribution in [0.3, 0.4) is 0 Å². The van der Waals surface area contributed by atoms with Gasteiger partial charge < -0.3 is 15.2 Å². The Hall–Kier alpha value is -2.49. The third kappa shape index (κ3) is 2.52. The number of carbonyl (C=O) groups is 1. The monoisotopic (exact) mass is 257 g/mol. The van der Waals surface area contributed by atoms with Crippen LogP contribution in [-0.4, -0.2) is 20.0 Å². The van der Waals surface area contributed by atoms with E-state index in [0.717, 1.165) is 0 Å². The second-order valence-electron chi connectivity index (χ2n) is 3.99. The van der Waals surface area contributed by atoms with E-state index in [1.165, 1.54) is 14.2 Å². The van der Waals surface area contributed by atoms with Crippen LogP contribution < -0.4 is 15.2 Å². The molecule has 19 heavy (non-hydrogen) atoms. The second-order valence-corrected chi connectivity index (χ2v) is 3.99. The molecule has 0 aliphatic carbocycles. The van der Waals surface area contributed by atoms with Gasteiger partial charge in [-0.1, -0.05) is 6.07 Å². The van der Waals surface area contributed by atoms with Crippen molar-refractivity contribution < 1.29 is 14.3 Å². The SMILES string of the molecule is COc1cccc(C(=O)c2ccc(N)cc2)c1OC. The molecule has 0 atom stereocenters. The first-order valence-electron chi connectivity index (χ1n) is 5.78. The summed E-state index contributed by atoms with van der Waals surface area (Å²) in [6.07, 6.45) is 0. The molecule has 2 rings (SSSR count). The zero-order chi connectivity index (χ0) is 13.8. The highest BCUT2D eigenvalue weighted by Gasteiger charge is 2.17. The van der Waals surface area contributed by atoms with Crippen LogP contribution >= 0.6 is 0 Å². The molecule has 4 heteroatoms. The zero-order valence-corrected chi connectivity index (χ0v) is 10.8. The van der Waals surface area contributed by atoms with Gasteiger partial charge in [-0.3, -0.25) is 4.79 Å². The standard InChI is InChI=1S/C15H15NO3/c1-18-13-5-3-4-12(15(13)19-2)14(17)10-6-8-11(16)9-7-10/h3-9H,16H2,1-2H3. The molecule has 4 nitrogen and oxygen atoms in total. The maximum absolute atomic E-state index is 12.4. The Morgan fingerprint density at radius 3 is 2.26 bits per heavy atom. The quantitative estimate of drug-likeness (QED) is 0.675. The lowest BCUT2D eigenvalue weighted by atomic mass is 10.0. The van der Waals surface area contributed by atoms with Crippen molar-refractivity contribution in [3.8, 4) is 11.5 Å². The fourth-order valence-electron chi connectivity index (χ4n) is 1.86. The molecule has 0 unspecified atom stereocenters. The van der Waals surface area contributed by atoms with Gasteiger partial charge in [0.05, 0.1) is 19.8 Å². The van der Waals surface area contributed by atoms with Crippen LogP contribution in [0.5, 0.6) is 11.5 Å². The topological polar surface area (TPSA) is 61.5 Å². The van der Waals surface area contributed by atoms with Gasteiger partial charge in [0.1, 0.15) is 0 Å². The van der Waals surface area contributed by atoms with Gasteiger partial charge in [-0.2, -0.15) is 0 Å². The summed E-state index contributed by atoms with van der Waals surface area (Å²) in [5, 5.41) is 0. The Kier molecular flexibility index (Phi) is 3.71. The molecule has 0 heterocycles. The lowest BCUT2D eigenvalue weighted by Crippen LogP contribution is -2.05. The number of hydrogen-bond acceptors (Lipinski definition) is 4. The minimum absolute atomic E-state index is 0.129. The summed E-state index contributed by atoms with van der Waals surface area (Å²) in [5.41, 5.74) is 7.25. The highest BCUT2D eigenvalue weighted by atomic mass is 16.5. The Morgan fingerprint density at radius 2 is 1.68 bits per heavy atom. The molecule has 0 spiro atoms. The highest BCUT2D eigenvalue weighted by Crippen LogP contribution is 2.32. The van der Waals surface area contributed by atoms with Crippen LogP contribution in [0.2, 0.25) is 0 Å². The molecule has 2 aromatic carbocycles. The van der Waals surface area contributed by atoms with Crippen molar-refractivity contribution in [1.29, 1.82) is 0 Å². The van der Waals surface area contributed by atoms with Crippen molar-refractivity contribution >= 4 is 11.5 Å². The molecule has 0 radical (unpaired) electrons. The molecule has 0 aliphatic heterocycles. The van der Waals surface area contributed by atoms with Crippen molar-refractivity contribution in [1.82, 2.24) is 0 Å². The van der Waals surface area contributed by atoms with Crippen molar-refractivity contribution in [2.45, 2.75) is 0 Å². The smallest absolute Gasteiger partial charge is 0.196 e. The first kappa shape index (κ1) is 13.0. The van der Waals surface area contributed by atoms with E-state index in [1.807, 2.05) is 0 Å². The van der Waals surface area contributed by atoms with Crippen molar-refractivity contribution in [3.05, 3.63) is 53.6 Å². The van der Waals surface area contributed by atoms with E-state index in [4.69, 9.17) is 15.2 Å². The molecular weight excluding hydrogens is 242 g/mol. The maximum Gasteiger partial charge on any atom is 0.196 e. The summed E-state index contributed by atoms with van der Waals surface area (Å²) in [7, 11) is 3.05. The van der Waals surface area contributed by atoms with E-state index in [9.17, 15) is 4.79 Å². The van der Waals surface area contributed by atoms with Gasteiger partial charge in [-0.15, -0.1) is 0 Å². The average Bonchev–Trinajstić information content (AvgIpc) is 2.46. The van der Waals surface area contributed by atoms with E-state index in [0.29, 0.717) is 28.3 Å². The summed E-state index contributed by atoms with van der Waals surface area (Å²) in [6, 6.07) is 12.0. The number of nitrogens with two attached hydrogens (primary N) is 1. The first-order chi connectivity index (χ1) is 9.17. The third-order valence-electron chi connectivity index (χ3n) is 2.82. The van der Waals surface area contributed by atoms with Crippen LogP contribution in [0.4, 0.5) is 5.69 Å². The van der Waals surface area contributed by atoms with Gasteiger partial charge in [-0.25, -0.2) is 0 Å². The summed E-state index contributed by atoms with van der Waals surface area (Å²) in [5.74, 6) is 0.839. The predicted octanol–water partition coefficient (Wildman–Crippen LogP) is 2.52. The number of para-hydroxylation sites is 1. The fourth-order valence-corrected chi connectivity index (χ4v) is 1.86. The normalized spacial score (nSPS) is 10.0. The Morgan fingerprint density at radius 1 is 1.00 bits per heavy atom. The number of ketones is 1. The molecule has 0 saturated heterocycles. The van der Waals surface area contributed by atoms with E-state index in [2.05, 4.69) is 0 Å². The maximum atomic E-state index is 12.4. The number of ether oxygens (including phenoxy) is 2. The number of carbonyl (C=O) groups excluding carboxylic acids is 1. The average molecular weight is 257 g/mol. The first-order valence-corrected chi connectivity index (χ1v) is 5.78. The van der Waals surface area contributed by atoms with E-state index >= 15 is 0 Å². The largest absolute Gasteiger partial charge is 0.493 e. The summed E-state index contributed by atoms with van der Waals surface area (Å²) in [6.45, 7) is 0. The molecule has 0 aromatic heterocycles. The predicted molar refractivity (Wildman–Crippen MR) is 73.8 cm³/mol. The second kappa shape index (κ2) is 5.44. The van der Waals surface area contributed by atoms with Gasteiger partial charge in [0.25, 0.3) is 0 Å². The molecule has 0 bridgehead atoms. The molecule has 98 valence electrons. The number of hydrogen-bond donors (Lipinski definition) is 1. The lowest BCUT2D eigenvalue weighted by molar-refractivity contribution is 0.103. The third-order valence-corrected chi connectivity index (χ3v) is 2.82. The number of anilines is 1. The van der Waals surface area contributed by atoms with Crippen LogP contribution in [0.25, 0.3) is 0 Å². The van der Waals surface area contributed by atoms with Gasteiger partial charge in [0.15, 0.2) is 17.3 Å². The summed E-state index contributed by atoms with van der Waals surface area (Å²) >= 11 is 0. The Balaban J connectivity index is 2.46. The summed E-state index contributed by atoms with van der Waals surface area (Å²) in [4.78, 5) is 12.4. The zero-order valence-electron chi connectivity index (χ0n) is 10.8. The molecule has 0 amide bonds. The summed E-state index contributed by atoms with van der Waals surface area (Å²) < 4.78 is 10.4. The van der Waals surface area contributed by atoms with E-state index in [1.54, 1.807) is 42.5 Å². The fraction of sp³-hybridized carbons (Fsp3) is 0.133. The van der Waals surface area contributed by atoms with Crippen molar-refractivity contribution in [2.24, 2.45) is 0 Å². The van der Waals surface area contributed by atoms with Gasteiger partial charge in [-0.05, 0) is 36.4 Å². The van der Waals surface area contributed by atoms with Gasteiger partial charge in [0.2, 0.25) is 0 Å². The molecule has 0 saturated carbocycles.